The quantitative estimate of drug-likeness (QED) is 0.674. The zero-order valence-corrected chi connectivity index (χ0v) is 7.89. The second-order valence-electron chi connectivity index (χ2n) is 3.32. The second-order valence-corrected chi connectivity index (χ2v) is 5.55. The first-order valence-electron chi connectivity index (χ1n) is 4.06. The maximum Gasteiger partial charge on any atom is 0.252 e. The molecule has 0 aromatic heterocycles. The molecule has 1 heterocycles. The van der Waals surface area contributed by atoms with Crippen LogP contribution in [0.25, 0.3) is 0 Å². The van der Waals surface area contributed by atoms with E-state index in [1.54, 1.807) is 0 Å². The predicted molar refractivity (Wildman–Crippen MR) is 45.5 cm³/mol. The lowest BCUT2D eigenvalue weighted by atomic mass is 9.99. The van der Waals surface area contributed by atoms with Gasteiger partial charge >= 0.3 is 0 Å². The molecule has 0 aromatic carbocycles. The molecule has 76 valence electrons. The van der Waals surface area contributed by atoms with Gasteiger partial charge in [0.15, 0.2) is 16.0 Å². The Bertz CT molecular complexity index is 301. The zero-order valence-electron chi connectivity index (χ0n) is 7.07. The molecule has 0 bridgehead atoms. The van der Waals surface area contributed by atoms with Crippen LogP contribution in [0.5, 0.6) is 0 Å². The Kier molecular flexibility index (Phi) is 2.90. The van der Waals surface area contributed by atoms with Crippen molar-refractivity contribution in [1.82, 2.24) is 0 Å². The number of nitrogens with two attached hydrogens (primary N) is 1. The summed E-state index contributed by atoms with van der Waals surface area (Å²) in [5.74, 6) is -1.97. The number of carbonyl (C=O) groups is 1. The van der Waals surface area contributed by atoms with Crippen LogP contribution >= 0.6 is 0 Å². The summed E-state index contributed by atoms with van der Waals surface area (Å²) < 4.78 is 35.2. The number of halogens is 1. The normalized spacial score (nSPS) is 29.5. The number of carbonyl (C=O) groups excluding carboxylic acids is 1. The van der Waals surface area contributed by atoms with Gasteiger partial charge in [-0.3, -0.25) is 4.79 Å². The topological polar surface area (TPSA) is 77.2 Å². The Morgan fingerprint density at radius 3 is 2.62 bits per heavy atom. The molecule has 0 aromatic rings. The largest absolute Gasteiger partial charge is 0.367 e. The molecule has 0 saturated carbocycles. The van der Waals surface area contributed by atoms with Crippen molar-refractivity contribution in [2.45, 2.75) is 19.0 Å². The van der Waals surface area contributed by atoms with E-state index in [0.29, 0.717) is 12.8 Å². The Hall–Kier alpha value is -0.650. The molecule has 1 saturated heterocycles. The predicted octanol–water partition coefficient (Wildman–Crippen LogP) is -0.365. The molecule has 2 unspecified atom stereocenters. The lowest BCUT2D eigenvalue weighted by Crippen LogP contribution is -2.38. The van der Waals surface area contributed by atoms with Crippen molar-refractivity contribution >= 4 is 15.7 Å². The van der Waals surface area contributed by atoms with Gasteiger partial charge in [0.05, 0.1) is 11.5 Å². The molecule has 1 aliphatic heterocycles. The third-order valence-corrected chi connectivity index (χ3v) is 4.03. The van der Waals surface area contributed by atoms with Crippen LogP contribution in [0, 0.1) is 5.92 Å². The summed E-state index contributed by atoms with van der Waals surface area (Å²) in [6.45, 7) is 0. The van der Waals surface area contributed by atoms with E-state index in [-0.39, 0.29) is 11.5 Å². The fraction of sp³-hybridized carbons (Fsp3) is 0.857. The van der Waals surface area contributed by atoms with Gasteiger partial charge in [-0.1, -0.05) is 0 Å². The highest BCUT2D eigenvalue weighted by molar-refractivity contribution is 7.91. The molecule has 0 radical (unpaired) electrons. The highest BCUT2D eigenvalue weighted by Crippen LogP contribution is 2.23. The minimum atomic E-state index is -3.16. The van der Waals surface area contributed by atoms with E-state index in [1.807, 2.05) is 0 Å². The summed E-state index contributed by atoms with van der Waals surface area (Å²) in [5.41, 5.74) is 4.75. The smallest absolute Gasteiger partial charge is 0.252 e. The molecule has 6 heteroatoms. The van der Waals surface area contributed by atoms with E-state index in [2.05, 4.69) is 0 Å². The van der Waals surface area contributed by atoms with Crippen molar-refractivity contribution in [2.75, 3.05) is 11.5 Å². The lowest BCUT2D eigenvalue weighted by Gasteiger charge is -2.22. The molecular formula is C7H12FNO3S. The van der Waals surface area contributed by atoms with Gasteiger partial charge in [0.2, 0.25) is 0 Å². The summed E-state index contributed by atoms with van der Waals surface area (Å²) >= 11 is 0. The van der Waals surface area contributed by atoms with Crippen molar-refractivity contribution in [1.29, 1.82) is 0 Å². The molecule has 1 aliphatic rings. The van der Waals surface area contributed by atoms with Gasteiger partial charge in [-0.2, -0.15) is 0 Å². The monoisotopic (exact) mass is 209 g/mol. The van der Waals surface area contributed by atoms with Crippen LogP contribution in [0.1, 0.15) is 12.8 Å². The standard InChI is InChI=1S/C7H12FNO3S/c8-6(7(9)10)5-2-1-3-13(11,12)4-5/h5-6H,1-4H2,(H2,9,10). The van der Waals surface area contributed by atoms with E-state index < -0.39 is 27.8 Å². The van der Waals surface area contributed by atoms with Crippen LogP contribution in [-0.4, -0.2) is 32.0 Å². The van der Waals surface area contributed by atoms with E-state index in [9.17, 15) is 17.6 Å². The fourth-order valence-electron chi connectivity index (χ4n) is 1.52. The van der Waals surface area contributed by atoms with Gasteiger partial charge in [0.25, 0.3) is 5.91 Å². The first kappa shape index (κ1) is 10.4. The Balaban J connectivity index is 2.67. The highest BCUT2D eigenvalue weighted by atomic mass is 32.2. The molecule has 0 aliphatic carbocycles. The third-order valence-electron chi connectivity index (χ3n) is 2.18. The highest BCUT2D eigenvalue weighted by Gasteiger charge is 2.33. The molecular weight excluding hydrogens is 197 g/mol. The molecule has 1 amide bonds. The average Bonchev–Trinajstić information content (AvgIpc) is 2.01. The summed E-state index contributed by atoms with van der Waals surface area (Å²) in [6.07, 6.45) is -0.987. The lowest BCUT2D eigenvalue weighted by molar-refractivity contribution is -0.124. The van der Waals surface area contributed by atoms with Crippen LogP contribution in [0.4, 0.5) is 4.39 Å². The molecule has 4 nitrogen and oxygen atoms in total. The van der Waals surface area contributed by atoms with Crippen LogP contribution in [0.15, 0.2) is 0 Å². The number of sulfone groups is 1. The molecule has 1 rings (SSSR count). The zero-order chi connectivity index (χ0) is 10.1. The number of alkyl halides is 1. The van der Waals surface area contributed by atoms with Crippen LogP contribution in [-0.2, 0) is 14.6 Å². The van der Waals surface area contributed by atoms with Gasteiger partial charge in [0.1, 0.15) is 0 Å². The van der Waals surface area contributed by atoms with E-state index in [4.69, 9.17) is 5.73 Å². The third kappa shape index (κ3) is 2.65. The first-order chi connectivity index (χ1) is 5.92. The minimum absolute atomic E-state index is 0.0922. The van der Waals surface area contributed by atoms with Crippen LogP contribution in [0.2, 0.25) is 0 Å². The van der Waals surface area contributed by atoms with Crippen LogP contribution < -0.4 is 5.73 Å². The SMILES string of the molecule is NC(=O)C(F)C1CCCS(=O)(=O)C1. The van der Waals surface area contributed by atoms with E-state index >= 15 is 0 Å². The first-order valence-corrected chi connectivity index (χ1v) is 5.88. The Morgan fingerprint density at radius 1 is 1.54 bits per heavy atom. The Morgan fingerprint density at radius 2 is 2.15 bits per heavy atom. The molecule has 0 spiro atoms. The fourth-order valence-corrected chi connectivity index (χ4v) is 3.28. The van der Waals surface area contributed by atoms with Gasteiger partial charge in [0, 0.05) is 5.92 Å². The molecule has 2 atom stereocenters. The molecule has 1 fully saturated rings. The summed E-state index contributed by atoms with van der Waals surface area (Å²) in [4.78, 5) is 10.5. The molecule has 2 N–H and O–H groups in total. The Labute approximate surface area is 76.2 Å². The van der Waals surface area contributed by atoms with Gasteiger partial charge < -0.3 is 5.73 Å². The maximum atomic E-state index is 13.0. The average molecular weight is 209 g/mol. The van der Waals surface area contributed by atoms with Crippen molar-refractivity contribution < 1.29 is 17.6 Å². The van der Waals surface area contributed by atoms with Gasteiger partial charge in [-0.15, -0.1) is 0 Å². The number of rotatable bonds is 2. The van der Waals surface area contributed by atoms with Crippen LogP contribution in [0.3, 0.4) is 0 Å². The van der Waals surface area contributed by atoms with Crippen molar-refractivity contribution in [3.05, 3.63) is 0 Å². The maximum absolute atomic E-state index is 13.0. The molecule has 13 heavy (non-hydrogen) atoms. The van der Waals surface area contributed by atoms with Crippen molar-refractivity contribution in [3.8, 4) is 0 Å². The summed E-state index contributed by atoms with van der Waals surface area (Å²) in [7, 11) is -3.16. The van der Waals surface area contributed by atoms with Crippen molar-refractivity contribution in [2.24, 2.45) is 11.7 Å². The number of hydrogen-bond donors (Lipinski definition) is 1. The minimum Gasteiger partial charge on any atom is -0.367 e. The van der Waals surface area contributed by atoms with Crippen molar-refractivity contribution in [3.63, 3.8) is 0 Å². The van der Waals surface area contributed by atoms with E-state index in [0.717, 1.165) is 0 Å². The second kappa shape index (κ2) is 3.61. The van der Waals surface area contributed by atoms with Gasteiger partial charge in [-0.05, 0) is 12.8 Å². The summed E-state index contributed by atoms with van der Waals surface area (Å²) in [5, 5.41) is 0. The van der Waals surface area contributed by atoms with E-state index in [1.165, 1.54) is 0 Å². The van der Waals surface area contributed by atoms with Gasteiger partial charge in [-0.25, -0.2) is 12.8 Å². The number of primary amides is 1. The summed E-state index contributed by atoms with van der Waals surface area (Å²) in [6, 6.07) is 0. The number of amides is 1. The number of hydrogen-bond acceptors (Lipinski definition) is 3.